The maximum atomic E-state index is 12.6. The highest BCUT2D eigenvalue weighted by Gasteiger charge is 2.38. The Kier molecular flexibility index (Phi) is 10.5. The van der Waals surface area contributed by atoms with Crippen LogP contribution in [0.5, 0.6) is 11.5 Å². The van der Waals surface area contributed by atoms with Gasteiger partial charge in [0.25, 0.3) is 0 Å². The molecule has 1 atom stereocenters. The third-order valence-electron chi connectivity index (χ3n) is 5.22. The number of ether oxygens (including phenoxy) is 2. The minimum absolute atomic E-state index is 0.00244. The molecule has 0 saturated heterocycles. The van der Waals surface area contributed by atoms with Gasteiger partial charge in [-0.25, -0.2) is 29.5 Å². The van der Waals surface area contributed by atoms with E-state index < -0.39 is 36.3 Å². The van der Waals surface area contributed by atoms with E-state index in [2.05, 4.69) is 24.7 Å². The Labute approximate surface area is 252 Å². The van der Waals surface area contributed by atoms with Crippen molar-refractivity contribution in [1.29, 1.82) is 0 Å². The van der Waals surface area contributed by atoms with Crippen LogP contribution in [0.2, 0.25) is 10.0 Å². The van der Waals surface area contributed by atoms with Crippen LogP contribution in [-0.2, 0) is 0 Å². The summed E-state index contributed by atoms with van der Waals surface area (Å²) in [6.07, 6.45) is -9.43. The lowest BCUT2D eigenvalue weighted by Crippen LogP contribution is -2.31. The molecule has 2 heterocycles. The maximum Gasteiger partial charge on any atom is 0.573 e. The summed E-state index contributed by atoms with van der Waals surface area (Å²) in [4.78, 5) is 36.5. The van der Waals surface area contributed by atoms with E-state index >= 15 is 0 Å². The summed E-state index contributed by atoms with van der Waals surface area (Å²) < 4.78 is 83.1. The second-order valence-corrected chi connectivity index (χ2v) is 9.14. The number of aromatic carboxylic acids is 2. The number of benzene rings is 2. The first-order chi connectivity index (χ1) is 20.4. The van der Waals surface area contributed by atoms with Crippen LogP contribution in [0, 0.1) is 0 Å². The lowest BCUT2D eigenvalue weighted by Gasteiger charge is -2.18. The van der Waals surface area contributed by atoms with Gasteiger partial charge in [-0.3, -0.25) is 0 Å². The van der Waals surface area contributed by atoms with E-state index in [1.807, 2.05) is 0 Å². The van der Waals surface area contributed by atoms with Crippen molar-refractivity contribution in [2.45, 2.75) is 25.6 Å². The lowest BCUT2D eigenvalue weighted by atomic mass is 10.1. The minimum atomic E-state index is -4.89. The average molecular weight is 665 g/mol. The van der Waals surface area contributed by atoms with Gasteiger partial charge in [0.1, 0.15) is 24.2 Å². The number of nitrogens with zero attached hydrogens (tertiary/aromatic N) is 4. The first-order valence-electron chi connectivity index (χ1n) is 11.6. The van der Waals surface area contributed by atoms with Crippen molar-refractivity contribution in [1.82, 2.24) is 19.9 Å². The molecule has 44 heavy (non-hydrogen) atoms. The number of carbonyl (C=O) groups is 2. The molecule has 0 radical (unpaired) electrons. The summed E-state index contributed by atoms with van der Waals surface area (Å²) in [6.45, 7) is 0.857. The van der Waals surface area contributed by atoms with Crippen molar-refractivity contribution in [2.24, 2.45) is 0 Å². The predicted molar refractivity (Wildman–Crippen MR) is 142 cm³/mol. The van der Waals surface area contributed by atoms with Crippen LogP contribution < -0.4 is 9.47 Å². The Morgan fingerprint density at radius 2 is 1.16 bits per heavy atom. The van der Waals surface area contributed by atoms with Crippen molar-refractivity contribution in [3.05, 3.63) is 82.6 Å². The zero-order chi connectivity index (χ0) is 32.8. The Bertz CT molecular complexity index is 1670. The number of rotatable bonds is 7. The van der Waals surface area contributed by atoms with Crippen LogP contribution in [-0.4, -0.2) is 60.7 Å². The van der Waals surface area contributed by atoms with Gasteiger partial charge in [0.2, 0.25) is 0 Å². The number of carboxylic acids is 2. The molecule has 0 aliphatic rings. The quantitative estimate of drug-likeness (QED) is 0.194. The summed E-state index contributed by atoms with van der Waals surface area (Å²) >= 11 is 11.5. The van der Waals surface area contributed by atoms with Gasteiger partial charge in [-0.15, -0.1) is 13.2 Å². The molecular formula is C26H16Cl2F6N4O6. The number of alkyl halides is 6. The van der Waals surface area contributed by atoms with Gasteiger partial charge in [-0.05, 0) is 43.3 Å². The maximum absolute atomic E-state index is 12.6. The molecule has 1 unspecified atom stereocenters. The molecular weight excluding hydrogens is 649 g/mol. The van der Waals surface area contributed by atoms with Crippen molar-refractivity contribution in [2.75, 3.05) is 0 Å². The summed E-state index contributed by atoms with van der Waals surface area (Å²) in [5, 5.41) is 17.5. The largest absolute Gasteiger partial charge is 0.573 e. The number of aromatic nitrogens is 4. The molecule has 10 nitrogen and oxygen atoms in total. The normalized spacial score (nSPS) is 12.0. The zero-order valence-electron chi connectivity index (χ0n) is 21.7. The van der Waals surface area contributed by atoms with Gasteiger partial charge < -0.3 is 19.7 Å². The zero-order valence-corrected chi connectivity index (χ0v) is 23.2. The number of hydrogen-bond donors (Lipinski definition) is 2. The van der Waals surface area contributed by atoms with Crippen molar-refractivity contribution < 1.29 is 55.6 Å². The molecule has 0 aliphatic heterocycles. The monoisotopic (exact) mass is 664 g/mol. The minimum Gasteiger partial charge on any atom is -0.480 e. The predicted octanol–water partition coefficient (Wildman–Crippen LogP) is 7.22. The molecule has 0 bridgehead atoms. The van der Waals surface area contributed by atoms with Gasteiger partial charge in [0.15, 0.2) is 17.5 Å². The highest BCUT2D eigenvalue weighted by Crippen LogP contribution is 2.35. The molecule has 2 aromatic carbocycles. The van der Waals surface area contributed by atoms with Crippen LogP contribution in [0.3, 0.4) is 0 Å². The topological polar surface area (TPSA) is 145 Å². The van der Waals surface area contributed by atoms with E-state index in [0.29, 0.717) is 5.56 Å². The summed E-state index contributed by atoms with van der Waals surface area (Å²) in [5.74, 6) is -3.30. The van der Waals surface area contributed by atoms with E-state index in [1.165, 1.54) is 36.4 Å². The fourth-order valence-corrected chi connectivity index (χ4v) is 3.46. The Morgan fingerprint density at radius 3 is 1.57 bits per heavy atom. The standard InChI is InChI=1S/C14H10ClF3N2O3.C12H6ClF3N2O3/c1-7(14(16,17)18)23-12-4-8(2-3-9(12)15)10-5-11(13(21)22)20-6-19-10;13-7-2-1-6(3-10(7)21-12(14,15)16)8-4-9(11(19)20)18-5-17-8/h2-7H,1H3,(H,21,22);1-5H,(H,19,20). The van der Waals surface area contributed by atoms with E-state index in [1.54, 1.807) is 0 Å². The first kappa shape index (κ1) is 33.8. The smallest absolute Gasteiger partial charge is 0.480 e. The fraction of sp³-hybridized carbons (Fsp3) is 0.154. The summed E-state index contributed by atoms with van der Waals surface area (Å²) in [5.41, 5.74) is 0.390. The van der Waals surface area contributed by atoms with E-state index in [-0.39, 0.29) is 44.1 Å². The van der Waals surface area contributed by atoms with Gasteiger partial charge >= 0.3 is 24.5 Å². The molecule has 232 valence electrons. The molecule has 0 aliphatic carbocycles. The van der Waals surface area contributed by atoms with Crippen LogP contribution in [0.15, 0.2) is 61.2 Å². The molecule has 4 rings (SSSR count). The van der Waals surface area contributed by atoms with Crippen molar-refractivity contribution in [3.8, 4) is 34.0 Å². The molecule has 0 saturated carbocycles. The van der Waals surface area contributed by atoms with Gasteiger partial charge in [0, 0.05) is 11.1 Å². The van der Waals surface area contributed by atoms with Crippen molar-refractivity contribution in [3.63, 3.8) is 0 Å². The SMILES string of the molecule is CC(Oc1cc(-c2cc(C(=O)O)ncn2)ccc1Cl)C(F)(F)F.O=C(O)c1cc(-c2ccc(Cl)c(OC(F)(F)F)c2)ncn1. The van der Waals surface area contributed by atoms with E-state index in [9.17, 15) is 35.9 Å². The molecule has 4 aromatic rings. The summed E-state index contributed by atoms with van der Waals surface area (Å²) in [6, 6.07) is 10.0. The fourth-order valence-electron chi connectivity index (χ4n) is 3.14. The molecule has 0 fully saturated rings. The van der Waals surface area contributed by atoms with Gasteiger partial charge in [-0.1, -0.05) is 35.3 Å². The number of halogens is 8. The molecule has 18 heteroatoms. The molecule has 2 aromatic heterocycles. The first-order valence-corrected chi connectivity index (χ1v) is 12.4. The Hall–Kier alpha value is -4.70. The van der Waals surface area contributed by atoms with Crippen LogP contribution in [0.4, 0.5) is 26.3 Å². The second-order valence-electron chi connectivity index (χ2n) is 8.33. The van der Waals surface area contributed by atoms with Crippen LogP contribution in [0.1, 0.15) is 27.9 Å². The molecule has 0 spiro atoms. The van der Waals surface area contributed by atoms with Crippen LogP contribution >= 0.6 is 23.2 Å². The van der Waals surface area contributed by atoms with Gasteiger partial charge in [0.05, 0.1) is 21.4 Å². The highest BCUT2D eigenvalue weighted by atomic mass is 35.5. The van der Waals surface area contributed by atoms with Crippen molar-refractivity contribution >= 4 is 35.1 Å². The number of hydrogen-bond acceptors (Lipinski definition) is 8. The number of carboxylic acid groups (broad SMARTS) is 2. The third kappa shape index (κ3) is 9.40. The molecule has 0 amide bonds. The van der Waals surface area contributed by atoms with Gasteiger partial charge in [-0.2, -0.15) is 13.2 Å². The second kappa shape index (κ2) is 13.7. The molecule has 2 N–H and O–H groups in total. The van der Waals surface area contributed by atoms with E-state index in [0.717, 1.165) is 31.7 Å². The highest BCUT2D eigenvalue weighted by molar-refractivity contribution is 6.32. The lowest BCUT2D eigenvalue weighted by molar-refractivity contribution is -0.274. The summed E-state index contributed by atoms with van der Waals surface area (Å²) in [7, 11) is 0. The Balaban J connectivity index is 0.000000241. The third-order valence-corrected chi connectivity index (χ3v) is 5.84. The van der Waals surface area contributed by atoms with E-state index in [4.69, 9.17) is 38.2 Å². The average Bonchev–Trinajstić information content (AvgIpc) is 2.94. The van der Waals surface area contributed by atoms with Crippen LogP contribution in [0.25, 0.3) is 22.5 Å². The Morgan fingerprint density at radius 1 is 0.727 bits per heavy atom.